The third-order valence-corrected chi connectivity index (χ3v) is 4.35. The highest BCUT2D eigenvalue weighted by Crippen LogP contribution is 2.26. The third-order valence-electron chi connectivity index (χ3n) is 4.35. The Labute approximate surface area is 155 Å². The molecule has 9 heteroatoms. The number of nitro benzene ring substituents is 1. The lowest BCUT2D eigenvalue weighted by Crippen LogP contribution is -2.47. The molecule has 2 aromatic rings. The zero-order valence-corrected chi connectivity index (χ0v) is 14.5. The van der Waals surface area contributed by atoms with Gasteiger partial charge in [0.2, 0.25) is 0 Å². The van der Waals surface area contributed by atoms with Gasteiger partial charge in [-0.15, -0.1) is 0 Å². The molecule has 1 aliphatic heterocycles. The summed E-state index contributed by atoms with van der Waals surface area (Å²) < 4.78 is 0. The van der Waals surface area contributed by atoms with E-state index in [-0.39, 0.29) is 29.4 Å². The Morgan fingerprint density at radius 3 is 2.74 bits per heavy atom. The zero-order chi connectivity index (χ0) is 19.4. The standard InChI is InChI=1S/C18H19N5O4/c19-14-8-7-13(10-16(14)23(26)27)18(25)21-20-17(24)11-22-9-3-5-12-4-1-2-6-15(12)22/h1-2,4,6-8,10H,3,5,9,11,19H2,(H,20,24)(H,21,25). The van der Waals surface area contributed by atoms with Crippen LogP contribution in [-0.2, 0) is 11.2 Å². The van der Waals surface area contributed by atoms with Crippen LogP contribution in [-0.4, -0.2) is 29.8 Å². The molecule has 4 N–H and O–H groups in total. The van der Waals surface area contributed by atoms with Gasteiger partial charge in [0, 0.05) is 23.9 Å². The van der Waals surface area contributed by atoms with E-state index in [4.69, 9.17) is 5.73 Å². The highest BCUT2D eigenvalue weighted by Gasteiger charge is 2.20. The van der Waals surface area contributed by atoms with Gasteiger partial charge in [-0.2, -0.15) is 0 Å². The number of aryl methyl sites for hydroxylation is 1. The van der Waals surface area contributed by atoms with Gasteiger partial charge in [0.1, 0.15) is 5.69 Å². The monoisotopic (exact) mass is 369 g/mol. The fraction of sp³-hybridized carbons (Fsp3) is 0.222. The van der Waals surface area contributed by atoms with Crippen molar-refractivity contribution in [2.45, 2.75) is 12.8 Å². The van der Waals surface area contributed by atoms with Crippen LogP contribution >= 0.6 is 0 Å². The number of carbonyl (C=O) groups excluding carboxylic acids is 2. The molecule has 0 atom stereocenters. The number of nitrogens with two attached hydrogens (primary N) is 1. The first-order valence-corrected chi connectivity index (χ1v) is 8.41. The van der Waals surface area contributed by atoms with Gasteiger partial charge >= 0.3 is 0 Å². The Morgan fingerprint density at radius 2 is 1.96 bits per heavy atom. The number of anilines is 2. The Hall–Kier alpha value is -3.62. The molecule has 2 aromatic carbocycles. The summed E-state index contributed by atoms with van der Waals surface area (Å²) in [5.74, 6) is -1.05. The lowest BCUT2D eigenvalue weighted by molar-refractivity contribution is -0.383. The summed E-state index contributed by atoms with van der Waals surface area (Å²) in [6, 6.07) is 11.6. The van der Waals surface area contributed by atoms with Crippen LogP contribution in [0.4, 0.5) is 17.1 Å². The molecule has 3 rings (SSSR count). The van der Waals surface area contributed by atoms with Crippen LogP contribution in [0.1, 0.15) is 22.3 Å². The maximum absolute atomic E-state index is 12.2. The summed E-state index contributed by atoms with van der Waals surface area (Å²) in [6.07, 6.45) is 1.92. The van der Waals surface area contributed by atoms with E-state index in [0.29, 0.717) is 0 Å². The van der Waals surface area contributed by atoms with Gasteiger partial charge < -0.3 is 10.6 Å². The van der Waals surface area contributed by atoms with Gasteiger partial charge in [-0.3, -0.25) is 30.6 Å². The van der Waals surface area contributed by atoms with E-state index in [1.165, 1.54) is 17.7 Å². The second-order valence-electron chi connectivity index (χ2n) is 6.19. The Bertz CT molecular complexity index is 899. The van der Waals surface area contributed by atoms with Crippen molar-refractivity contribution in [2.24, 2.45) is 0 Å². The molecule has 0 bridgehead atoms. The number of nitrogen functional groups attached to an aromatic ring is 1. The highest BCUT2D eigenvalue weighted by atomic mass is 16.6. The summed E-state index contributed by atoms with van der Waals surface area (Å²) in [7, 11) is 0. The number of nitro groups is 1. The van der Waals surface area contributed by atoms with Crippen LogP contribution in [0.5, 0.6) is 0 Å². The normalized spacial score (nSPS) is 12.8. The van der Waals surface area contributed by atoms with Crippen LogP contribution < -0.4 is 21.5 Å². The number of hydrogen-bond acceptors (Lipinski definition) is 6. The number of nitrogens with one attached hydrogen (secondary N) is 2. The molecule has 9 nitrogen and oxygen atoms in total. The third kappa shape index (κ3) is 4.14. The Kier molecular flexibility index (Phi) is 5.20. The Balaban J connectivity index is 1.59. The number of para-hydroxylation sites is 1. The van der Waals surface area contributed by atoms with E-state index in [1.54, 1.807) is 0 Å². The second kappa shape index (κ2) is 7.73. The summed E-state index contributed by atoms with van der Waals surface area (Å²) in [5.41, 5.74) is 11.9. The van der Waals surface area contributed by atoms with Crippen molar-refractivity contribution in [3.8, 4) is 0 Å². The lowest BCUT2D eigenvalue weighted by Gasteiger charge is -2.30. The van der Waals surface area contributed by atoms with Crippen molar-refractivity contribution < 1.29 is 14.5 Å². The minimum absolute atomic E-state index is 0.0273. The number of hydrazine groups is 1. The van der Waals surface area contributed by atoms with E-state index in [2.05, 4.69) is 10.9 Å². The van der Waals surface area contributed by atoms with E-state index in [9.17, 15) is 19.7 Å². The van der Waals surface area contributed by atoms with E-state index in [1.807, 2.05) is 29.2 Å². The number of hydrogen-bond donors (Lipinski definition) is 3. The topological polar surface area (TPSA) is 131 Å². The quantitative estimate of drug-likeness (QED) is 0.424. The van der Waals surface area contributed by atoms with Crippen molar-refractivity contribution in [1.82, 2.24) is 10.9 Å². The average Bonchev–Trinajstić information content (AvgIpc) is 2.66. The summed E-state index contributed by atoms with van der Waals surface area (Å²) in [5, 5.41) is 10.9. The molecule has 1 heterocycles. The molecule has 0 fully saturated rings. The molecule has 2 amide bonds. The lowest BCUT2D eigenvalue weighted by atomic mass is 10.0. The molecule has 27 heavy (non-hydrogen) atoms. The van der Waals surface area contributed by atoms with Gasteiger partial charge in [0.25, 0.3) is 17.5 Å². The number of nitrogens with zero attached hydrogens (tertiary/aromatic N) is 2. The second-order valence-corrected chi connectivity index (χ2v) is 6.19. The highest BCUT2D eigenvalue weighted by molar-refractivity contribution is 5.97. The fourth-order valence-corrected chi connectivity index (χ4v) is 3.03. The Morgan fingerprint density at radius 1 is 1.19 bits per heavy atom. The zero-order valence-electron chi connectivity index (χ0n) is 14.5. The predicted octanol–water partition coefficient (Wildman–Crippen LogP) is 1.39. The van der Waals surface area contributed by atoms with Gasteiger partial charge in [-0.1, -0.05) is 18.2 Å². The summed E-state index contributed by atoms with van der Waals surface area (Å²) >= 11 is 0. The summed E-state index contributed by atoms with van der Waals surface area (Å²) in [4.78, 5) is 36.5. The number of fused-ring (bicyclic) bond motifs is 1. The first-order chi connectivity index (χ1) is 13.0. The van der Waals surface area contributed by atoms with Crippen molar-refractivity contribution >= 4 is 28.9 Å². The fourth-order valence-electron chi connectivity index (χ4n) is 3.03. The van der Waals surface area contributed by atoms with Crippen LogP contribution in [0.2, 0.25) is 0 Å². The first-order valence-electron chi connectivity index (χ1n) is 8.41. The van der Waals surface area contributed by atoms with Crippen LogP contribution in [0, 0.1) is 10.1 Å². The molecular weight excluding hydrogens is 350 g/mol. The van der Waals surface area contributed by atoms with E-state index < -0.39 is 10.8 Å². The number of amides is 2. The van der Waals surface area contributed by atoms with Crippen LogP contribution in [0.3, 0.4) is 0 Å². The van der Waals surface area contributed by atoms with E-state index >= 15 is 0 Å². The van der Waals surface area contributed by atoms with Crippen molar-refractivity contribution in [3.05, 3.63) is 63.7 Å². The van der Waals surface area contributed by atoms with Crippen molar-refractivity contribution in [1.29, 1.82) is 0 Å². The smallest absolute Gasteiger partial charge is 0.292 e. The number of rotatable bonds is 4. The average molecular weight is 369 g/mol. The maximum Gasteiger partial charge on any atom is 0.292 e. The largest absolute Gasteiger partial charge is 0.393 e. The van der Waals surface area contributed by atoms with Crippen LogP contribution in [0.15, 0.2) is 42.5 Å². The number of carbonyl (C=O) groups is 2. The van der Waals surface area contributed by atoms with E-state index in [0.717, 1.165) is 31.1 Å². The molecular formula is C18H19N5O4. The van der Waals surface area contributed by atoms with Crippen molar-refractivity contribution in [3.63, 3.8) is 0 Å². The minimum Gasteiger partial charge on any atom is -0.393 e. The number of benzene rings is 2. The maximum atomic E-state index is 12.2. The van der Waals surface area contributed by atoms with Crippen molar-refractivity contribution in [2.75, 3.05) is 23.7 Å². The molecule has 0 spiro atoms. The molecule has 140 valence electrons. The SMILES string of the molecule is Nc1ccc(C(=O)NNC(=O)CN2CCCc3ccccc32)cc1[N+](=O)[O-]. The minimum atomic E-state index is -0.668. The molecule has 0 aromatic heterocycles. The molecule has 0 saturated carbocycles. The molecule has 0 aliphatic carbocycles. The molecule has 0 unspecified atom stereocenters. The molecule has 0 radical (unpaired) electrons. The van der Waals surface area contributed by atoms with Gasteiger partial charge in [-0.05, 0) is 36.6 Å². The van der Waals surface area contributed by atoms with Crippen LogP contribution in [0.25, 0.3) is 0 Å². The molecule has 1 aliphatic rings. The van der Waals surface area contributed by atoms with Gasteiger partial charge in [-0.25, -0.2) is 0 Å². The first kappa shape index (κ1) is 18.2. The summed E-state index contributed by atoms with van der Waals surface area (Å²) in [6.45, 7) is 0.849. The predicted molar refractivity (Wildman–Crippen MR) is 100 cm³/mol. The molecule has 0 saturated heterocycles. The van der Waals surface area contributed by atoms with Gasteiger partial charge in [0.15, 0.2) is 0 Å². The van der Waals surface area contributed by atoms with Gasteiger partial charge in [0.05, 0.1) is 11.5 Å².